The van der Waals surface area contributed by atoms with Gasteiger partial charge in [0, 0.05) is 22.0 Å². The van der Waals surface area contributed by atoms with Crippen molar-refractivity contribution in [2.45, 2.75) is 20.8 Å². The lowest BCUT2D eigenvalue weighted by molar-refractivity contribution is 0.278. The Labute approximate surface area is 69.5 Å². The zero-order chi connectivity index (χ0) is 8.70. The molecule has 1 aliphatic heterocycles. The van der Waals surface area contributed by atoms with Crippen molar-refractivity contribution in [2.75, 3.05) is 12.3 Å². The summed E-state index contributed by atoms with van der Waals surface area (Å²) >= 11 is 0. The summed E-state index contributed by atoms with van der Waals surface area (Å²) in [6.07, 6.45) is 0. The predicted octanol–water partition coefficient (Wildman–Crippen LogP) is 0.883. The molecule has 1 fully saturated rings. The Morgan fingerprint density at radius 3 is 2.27 bits per heavy atom. The molecule has 0 aromatic carbocycles. The molecule has 0 radical (unpaired) electrons. The molecule has 1 N–H and O–H groups in total. The molecule has 1 aliphatic rings. The van der Waals surface area contributed by atoms with E-state index in [9.17, 15) is 4.21 Å². The summed E-state index contributed by atoms with van der Waals surface area (Å²) in [6.45, 7) is 7.40. The lowest BCUT2D eigenvalue weighted by atomic mass is 9.82. The van der Waals surface area contributed by atoms with Gasteiger partial charge in [0.25, 0.3) is 0 Å². The van der Waals surface area contributed by atoms with Crippen LogP contribution in [0.25, 0.3) is 0 Å². The zero-order valence-corrected chi connectivity index (χ0v) is 8.33. The molecule has 1 saturated heterocycles. The van der Waals surface area contributed by atoms with Crippen molar-refractivity contribution in [1.29, 1.82) is 0 Å². The Kier molecular flexibility index (Phi) is 2.05. The van der Waals surface area contributed by atoms with Gasteiger partial charge < -0.3 is 0 Å². The highest BCUT2D eigenvalue weighted by Gasteiger charge is 2.32. The van der Waals surface area contributed by atoms with Crippen molar-refractivity contribution in [3.63, 3.8) is 0 Å². The molecule has 0 bridgehead atoms. The first kappa shape index (κ1) is 9.07. The fraction of sp³-hybridized carbons (Fsp3) is 0.875. The normalized spacial score (nSPS) is 39.4. The third kappa shape index (κ3) is 2.20. The average molecular weight is 175 g/mol. The van der Waals surface area contributed by atoms with E-state index in [0.717, 1.165) is 12.3 Å². The minimum Gasteiger partial charge on any atom is -0.253 e. The number of rotatable bonds is 0. The molecule has 11 heavy (non-hydrogen) atoms. The Balaban J connectivity index is 2.70. The van der Waals surface area contributed by atoms with E-state index in [1.165, 1.54) is 0 Å². The van der Waals surface area contributed by atoms with Crippen molar-refractivity contribution in [3.8, 4) is 0 Å². The minimum absolute atomic E-state index is 0.254. The molecule has 0 aromatic heterocycles. The first-order chi connectivity index (χ1) is 4.81. The van der Waals surface area contributed by atoms with E-state index in [1.807, 2.05) is 0 Å². The topological polar surface area (TPSA) is 29.1 Å². The largest absolute Gasteiger partial charge is 0.253 e. The van der Waals surface area contributed by atoms with Gasteiger partial charge in [-0.05, 0) is 17.2 Å². The highest BCUT2D eigenvalue weighted by Crippen LogP contribution is 2.29. The molecule has 0 saturated carbocycles. The molecule has 1 heterocycles. The SMILES string of the molecule is C=S1(=O)CC(C(C)(C)C)CN1. The molecule has 2 unspecified atom stereocenters. The van der Waals surface area contributed by atoms with Gasteiger partial charge in [-0.25, -0.2) is 4.72 Å². The van der Waals surface area contributed by atoms with Crippen molar-refractivity contribution in [2.24, 2.45) is 11.3 Å². The van der Waals surface area contributed by atoms with Crippen LogP contribution in [0.2, 0.25) is 0 Å². The van der Waals surface area contributed by atoms with Crippen LogP contribution in [0.3, 0.4) is 0 Å². The summed E-state index contributed by atoms with van der Waals surface area (Å²) in [5.41, 5.74) is 0.254. The van der Waals surface area contributed by atoms with Gasteiger partial charge in [-0.1, -0.05) is 20.8 Å². The van der Waals surface area contributed by atoms with Crippen LogP contribution in [0.15, 0.2) is 0 Å². The molecule has 2 nitrogen and oxygen atoms in total. The Hall–Kier alpha value is -0.0200. The molecular weight excluding hydrogens is 158 g/mol. The van der Waals surface area contributed by atoms with E-state index in [4.69, 9.17) is 0 Å². The smallest absolute Gasteiger partial charge is 0.0335 e. The van der Waals surface area contributed by atoms with Crippen LogP contribution in [-0.2, 0) is 9.71 Å². The maximum absolute atomic E-state index is 11.4. The highest BCUT2D eigenvalue weighted by atomic mass is 32.2. The monoisotopic (exact) mass is 175 g/mol. The van der Waals surface area contributed by atoms with Gasteiger partial charge in [0.2, 0.25) is 0 Å². The number of hydrogen-bond acceptors (Lipinski definition) is 1. The summed E-state index contributed by atoms with van der Waals surface area (Å²) in [5, 5.41) is 0. The second kappa shape index (κ2) is 2.49. The highest BCUT2D eigenvalue weighted by molar-refractivity contribution is 7.98. The van der Waals surface area contributed by atoms with Crippen LogP contribution in [0.4, 0.5) is 0 Å². The van der Waals surface area contributed by atoms with E-state index in [0.29, 0.717) is 5.92 Å². The molecule has 0 aromatic rings. The summed E-state index contributed by atoms with van der Waals surface area (Å²) in [5.74, 6) is 4.89. The summed E-state index contributed by atoms with van der Waals surface area (Å²) in [6, 6.07) is 0. The first-order valence-corrected chi connectivity index (χ1v) is 5.80. The van der Waals surface area contributed by atoms with Gasteiger partial charge in [-0.2, -0.15) is 0 Å². The van der Waals surface area contributed by atoms with Gasteiger partial charge in [-0.15, -0.1) is 0 Å². The lowest BCUT2D eigenvalue weighted by Crippen LogP contribution is -2.24. The minimum atomic E-state index is -1.93. The molecule has 0 amide bonds. The summed E-state index contributed by atoms with van der Waals surface area (Å²) in [7, 11) is -1.93. The third-order valence-electron chi connectivity index (χ3n) is 2.29. The van der Waals surface area contributed by atoms with Crippen molar-refractivity contribution in [1.82, 2.24) is 4.72 Å². The first-order valence-electron chi connectivity index (χ1n) is 3.91. The van der Waals surface area contributed by atoms with Crippen LogP contribution in [0.5, 0.6) is 0 Å². The fourth-order valence-electron chi connectivity index (χ4n) is 1.25. The van der Waals surface area contributed by atoms with Gasteiger partial charge in [0.15, 0.2) is 0 Å². The van der Waals surface area contributed by atoms with E-state index < -0.39 is 9.71 Å². The Morgan fingerprint density at radius 2 is 2.09 bits per heavy atom. The van der Waals surface area contributed by atoms with Gasteiger partial charge >= 0.3 is 0 Å². The van der Waals surface area contributed by atoms with E-state index in [2.05, 4.69) is 31.4 Å². The molecule has 0 aliphatic carbocycles. The van der Waals surface area contributed by atoms with Crippen LogP contribution in [-0.4, -0.2) is 22.4 Å². The molecule has 2 atom stereocenters. The van der Waals surface area contributed by atoms with Crippen LogP contribution in [0, 0.1) is 11.3 Å². The van der Waals surface area contributed by atoms with Crippen molar-refractivity contribution < 1.29 is 4.21 Å². The maximum Gasteiger partial charge on any atom is 0.0335 e. The predicted molar refractivity (Wildman–Crippen MR) is 51.1 cm³/mol. The standard InChI is InChI=1S/C8H17NOS/c1-8(2,3)7-5-9-11(4,10)6-7/h7H,4-6H2,1-3H3,(H,9,10). The van der Waals surface area contributed by atoms with E-state index in [-0.39, 0.29) is 5.41 Å². The molecule has 0 spiro atoms. The van der Waals surface area contributed by atoms with E-state index >= 15 is 0 Å². The molecular formula is C8H17NOS. The second-order valence-electron chi connectivity index (χ2n) is 4.39. The maximum atomic E-state index is 11.4. The van der Waals surface area contributed by atoms with Gasteiger partial charge in [0.1, 0.15) is 0 Å². The van der Waals surface area contributed by atoms with Gasteiger partial charge in [0.05, 0.1) is 0 Å². The third-order valence-corrected chi connectivity index (χ3v) is 3.92. The second-order valence-corrected chi connectivity index (χ2v) is 6.64. The average Bonchev–Trinajstić information content (AvgIpc) is 2.07. The van der Waals surface area contributed by atoms with Crippen molar-refractivity contribution in [3.05, 3.63) is 0 Å². The Bertz CT molecular complexity index is 235. The van der Waals surface area contributed by atoms with Crippen LogP contribution < -0.4 is 4.72 Å². The molecule has 3 heteroatoms. The summed E-state index contributed by atoms with van der Waals surface area (Å²) < 4.78 is 14.4. The number of hydrogen-bond donors (Lipinski definition) is 1. The molecule has 66 valence electrons. The quantitative estimate of drug-likeness (QED) is 0.544. The summed E-state index contributed by atoms with van der Waals surface area (Å²) in [4.78, 5) is 0. The number of nitrogens with one attached hydrogen (secondary N) is 1. The zero-order valence-electron chi connectivity index (χ0n) is 7.52. The van der Waals surface area contributed by atoms with Crippen LogP contribution in [0.1, 0.15) is 20.8 Å². The molecule has 1 rings (SSSR count). The Morgan fingerprint density at radius 1 is 1.55 bits per heavy atom. The van der Waals surface area contributed by atoms with Crippen LogP contribution >= 0.6 is 0 Å². The lowest BCUT2D eigenvalue weighted by Gasteiger charge is -2.24. The van der Waals surface area contributed by atoms with Gasteiger partial charge in [-0.3, -0.25) is 4.21 Å². The van der Waals surface area contributed by atoms with E-state index in [1.54, 1.807) is 0 Å². The van der Waals surface area contributed by atoms with Crippen molar-refractivity contribution >= 4 is 15.6 Å². The fourth-order valence-corrected chi connectivity index (χ4v) is 3.14.